The lowest BCUT2D eigenvalue weighted by Gasteiger charge is -2.56. The van der Waals surface area contributed by atoms with Crippen LogP contribution in [0.15, 0.2) is 0 Å². The molecule has 0 aromatic carbocycles. The van der Waals surface area contributed by atoms with Crippen LogP contribution in [-0.4, -0.2) is 47.1 Å². The third kappa shape index (κ3) is 2.66. The molecule has 2 aliphatic carbocycles. The van der Waals surface area contributed by atoms with Gasteiger partial charge in [-0.1, -0.05) is 34.1 Å². The molecule has 0 aromatic heterocycles. The summed E-state index contributed by atoms with van der Waals surface area (Å²) in [5, 5.41) is 11.0. The van der Waals surface area contributed by atoms with Crippen molar-refractivity contribution in [3.05, 3.63) is 0 Å². The topological polar surface area (TPSA) is 85.4 Å². The van der Waals surface area contributed by atoms with E-state index in [4.69, 9.17) is 14.2 Å². The number of aliphatic hydroxyl groups excluding tert-OH is 1. The summed E-state index contributed by atoms with van der Waals surface area (Å²) < 4.78 is 17.8. The summed E-state index contributed by atoms with van der Waals surface area (Å²) in [6, 6.07) is 0. The maximum Gasteiger partial charge on any atom is 0.309 e. The second-order valence-electron chi connectivity index (χ2n) is 9.67. The van der Waals surface area contributed by atoms with Crippen molar-refractivity contribution >= 4 is 11.9 Å². The van der Waals surface area contributed by atoms with Crippen LogP contribution in [0.5, 0.6) is 0 Å². The minimum Gasteiger partial charge on any atom is -0.462 e. The second-order valence-corrected chi connectivity index (χ2v) is 9.67. The first-order chi connectivity index (χ1) is 12.6. The lowest BCUT2D eigenvalue weighted by Crippen LogP contribution is -2.65. The van der Waals surface area contributed by atoms with Crippen molar-refractivity contribution in [2.75, 3.05) is 0 Å². The van der Waals surface area contributed by atoms with E-state index < -0.39 is 23.2 Å². The van der Waals surface area contributed by atoms with E-state index >= 15 is 0 Å². The van der Waals surface area contributed by atoms with Crippen molar-refractivity contribution in [2.24, 2.45) is 29.1 Å². The van der Waals surface area contributed by atoms with Gasteiger partial charge < -0.3 is 19.3 Å². The number of hydrogen-bond acceptors (Lipinski definition) is 6. The molecule has 0 aromatic rings. The Bertz CT molecular complexity index is 649. The normalized spacial score (nSPS) is 51.5. The van der Waals surface area contributed by atoms with E-state index in [9.17, 15) is 14.7 Å². The molecule has 1 N–H and O–H groups in total. The Balaban J connectivity index is 1.66. The molecule has 2 saturated heterocycles. The monoisotopic (exact) mass is 380 g/mol. The van der Waals surface area contributed by atoms with Crippen LogP contribution in [0.1, 0.15) is 60.3 Å². The molecule has 4 rings (SSSR count). The van der Waals surface area contributed by atoms with Gasteiger partial charge in [-0.2, -0.15) is 0 Å². The first-order valence-corrected chi connectivity index (χ1v) is 10.4. The second kappa shape index (κ2) is 6.18. The van der Waals surface area contributed by atoms with Gasteiger partial charge in [-0.25, -0.2) is 0 Å². The molecule has 4 aliphatic rings. The van der Waals surface area contributed by atoms with Crippen LogP contribution < -0.4 is 0 Å². The van der Waals surface area contributed by atoms with E-state index in [1.54, 1.807) is 0 Å². The van der Waals surface area contributed by atoms with Crippen molar-refractivity contribution in [3.63, 3.8) is 0 Å². The first kappa shape index (κ1) is 19.2. The number of carbonyl (C=O) groups is 2. The van der Waals surface area contributed by atoms with Gasteiger partial charge in [0.05, 0.1) is 23.7 Å². The van der Waals surface area contributed by atoms with Gasteiger partial charge >= 0.3 is 11.9 Å². The average molecular weight is 380 g/mol. The van der Waals surface area contributed by atoms with Crippen LogP contribution in [0.4, 0.5) is 0 Å². The Morgan fingerprint density at radius 3 is 2.74 bits per heavy atom. The van der Waals surface area contributed by atoms with Gasteiger partial charge in [0.2, 0.25) is 0 Å². The summed E-state index contributed by atoms with van der Waals surface area (Å²) in [5.41, 5.74) is -1.11. The van der Waals surface area contributed by atoms with E-state index in [0.29, 0.717) is 19.3 Å². The van der Waals surface area contributed by atoms with Crippen LogP contribution in [0.2, 0.25) is 0 Å². The molecular weight excluding hydrogens is 348 g/mol. The van der Waals surface area contributed by atoms with Crippen molar-refractivity contribution in [1.29, 1.82) is 0 Å². The van der Waals surface area contributed by atoms with Crippen molar-refractivity contribution < 1.29 is 28.9 Å². The molecule has 2 saturated carbocycles. The van der Waals surface area contributed by atoms with Gasteiger partial charge in [-0.05, 0) is 19.3 Å². The summed E-state index contributed by atoms with van der Waals surface area (Å²) in [5.74, 6) is -0.564. The maximum absolute atomic E-state index is 12.6. The summed E-state index contributed by atoms with van der Waals surface area (Å²) >= 11 is 0. The predicted octanol–water partition coefficient (Wildman–Crippen LogP) is 2.46. The lowest BCUT2D eigenvalue weighted by atomic mass is 9.51. The molecule has 10 atom stereocenters. The summed E-state index contributed by atoms with van der Waals surface area (Å²) in [7, 11) is 0. The SMILES string of the molecule is CCC(C)CC(=O)OC1CC2C(C)C(=O)OC2C2C3(C)OC3CC(O)C12C. The lowest BCUT2D eigenvalue weighted by molar-refractivity contribution is -0.212. The standard InChI is InChI=1S/C21H32O6/c1-6-10(2)7-16(23)25-14-8-12-11(3)19(24)26-17(12)18-20(14,4)13(22)9-15-21(18,5)27-15/h10-15,17-18,22H,6-9H2,1-5H3. The molecule has 152 valence electrons. The molecular formula is C21H32O6. The number of fused-ring (bicyclic) bond motifs is 5. The Morgan fingerprint density at radius 1 is 1.37 bits per heavy atom. The Kier molecular flexibility index (Phi) is 4.39. The molecule has 2 heterocycles. The molecule has 4 fully saturated rings. The quantitative estimate of drug-likeness (QED) is 0.596. The van der Waals surface area contributed by atoms with Gasteiger partial charge in [0.25, 0.3) is 0 Å². The highest BCUT2D eigenvalue weighted by atomic mass is 16.6. The van der Waals surface area contributed by atoms with E-state index in [1.165, 1.54) is 0 Å². The number of carbonyl (C=O) groups excluding carboxylic acids is 2. The van der Waals surface area contributed by atoms with E-state index in [-0.39, 0.29) is 47.8 Å². The number of hydrogen-bond donors (Lipinski definition) is 1. The minimum absolute atomic E-state index is 0.0102. The first-order valence-electron chi connectivity index (χ1n) is 10.4. The molecule has 2 aliphatic heterocycles. The number of rotatable bonds is 4. The van der Waals surface area contributed by atoms with Crippen LogP contribution in [0.25, 0.3) is 0 Å². The van der Waals surface area contributed by atoms with Crippen LogP contribution in [-0.2, 0) is 23.8 Å². The summed E-state index contributed by atoms with van der Waals surface area (Å²) in [6.07, 6.45) is 0.981. The summed E-state index contributed by atoms with van der Waals surface area (Å²) in [4.78, 5) is 24.9. The van der Waals surface area contributed by atoms with E-state index in [2.05, 4.69) is 6.92 Å². The van der Waals surface area contributed by atoms with Crippen LogP contribution in [0, 0.1) is 29.1 Å². The number of aliphatic hydroxyl groups is 1. The Labute approximate surface area is 160 Å². The van der Waals surface area contributed by atoms with Crippen molar-refractivity contribution in [1.82, 2.24) is 0 Å². The number of epoxide rings is 1. The van der Waals surface area contributed by atoms with Gasteiger partial charge in [0.15, 0.2) is 0 Å². The highest BCUT2D eigenvalue weighted by Gasteiger charge is 2.76. The zero-order valence-corrected chi connectivity index (χ0v) is 16.9. The molecule has 27 heavy (non-hydrogen) atoms. The van der Waals surface area contributed by atoms with Gasteiger partial charge in [-0.15, -0.1) is 0 Å². The molecule has 0 bridgehead atoms. The zero-order chi connectivity index (χ0) is 19.7. The highest BCUT2D eigenvalue weighted by molar-refractivity contribution is 5.75. The largest absolute Gasteiger partial charge is 0.462 e. The van der Waals surface area contributed by atoms with E-state index in [1.807, 2.05) is 27.7 Å². The average Bonchev–Trinajstić information content (AvgIpc) is 3.17. The predicted molar refractivity (Wildman–Crippen MR) is 96.6 cm³/mol. The Hall–Kier alpha value is -1.14. The van der Waals surface area contributed by atoms with Gasteiger partial charge in [0, 0.05) is 30.1 Å². The number of ether oxygens (including phenoxy) is 3. The van der Waals surface area contributed by atoms with Crippen LogP contribution in [0.3, 0.4) is 0 Å². The van der Waals surface area contributed by atoms with Crippen molar-refractivity contribution in [2.45, 2.75) is 90.3 Å². The molecule has 0 amide bonds. The smallest absolute Gasteiger partial charge is 0.309 e. The fourth-order valence-corrected chi connectivity index (χ4v) is 5.96. The zero-order valence-electron chi connectivity index (χ0n) is 16.9. The van der Waals surface area contributed by atoms with E-state index in [0.717, 1.165) is 6.42 Å². The van der Waals surface area contributed by atoms with Crippen LogP contribution >= 0.6 is 0 Å². The fraction of sp³-hybridized carbons (Fsp3) is 0.905. The van der Waals surface area contributed by atoms with Crippen molar-refractivity contribution in [3.8, 4) is 0 Å². The third-order valence-electron chi connectivity index (χ3n) is 8.10. The number of esters is 2. The Morgan fingerprint density at radius 2 is 2.07 bits per heavy atom. The minimum atomic E-state index is -0.682. The third-order valence-corrected chi connectivity index (χ3v) is 8.10. The molecule has 0 spiro atoms. The summed E-state index contributed by atoms with van der Waals surface area (Å²) in [6.45, 7) is 10.0. The molecule has 6 nitrogen and oxygen atoms in total. The maximum atomic E-state index is 12.6. The molecule has 6 heteroatoms. The van der Waals surface area contributed by atoms with Gasteiger partial charge in [-0.3, -0.25) is 9.59 Å². The fourth-order valence-electron chi connectivity index (χ4n) is 5.96. The molecule has 10 unspecified atom stereocenters. The van der Waals surface area contributed by atoms with Gasteiger partial charge in [0.1, 0.15) is 12.2 Å². The highest BCUT2D eigenvalue weighted by Crippen LogP contribution is 2.66. The molecule has 0 radical (unpaired) electrons.